The molecular formula is C14H21NO. The number of ether oxygens (including phenoxy) is 1. The van der Waals surface area contributed by atoms with Gasteiger partial charge in [0.1, 0.15) is 11.9 Å². The molecular weight excluding hydrogens is 198 g/mol. The van der Waals surface area contributed by atoms with Gasteiger partial charge in [-0.3, -0.25) is 0 Å². The number of hydrogen-bond donors (Lipinski definition) is 1. The van der Waals surface area contributed by atoms with Crippen LogP contribution in [0.15, 0.2) is 24.3 Å². The molecule has 2 nitrogen and oxygen atoms in total. The van der Waals surface area contributed by atoms with Crippen LogP contribution in [-0.2, 0) is 6.42 Å². The van der Waals surface area contributed by atoms with Gasteiger partial charge in [-0.2, -0.15) is 0 Å². The molecule has 0 radical (unpaired) electrons. The van der Waals surface area contributed by atoms with Gasteiger partial charge in [0.15, 0.2) is 0 Å². The van der Waals surface area contributed by atoms with Crippen LogP contribution >= 0.6 is 0 Å². The molecule has 1 aliphatic rings. The van der Waals surface area contributed by atoms with Crippen LogP contribution in [0.25, 0.3) is 0 Å². The first kappa shape index (κ1) is 11.5. The second kappa shape index (κ2) is 5.35. The van der Waals surface area contributed by atoms with E-state index in [4.69, 9.17) is 4.74 Å². The first-order chi connectivity index (χ1) is 7.74. The van der Waals surface area contributed by atoms with Crippen molar-refractivity contribution in [1.82, 2.24) is 5.32 Å². The van der Waals surface area contributed by atoms with Gasteiger partial charge in [-0.1, -0.05) is 26.0 Å². The topological polar surface area (TPSA) is 21.3 Å². The molecule has 1 aromatic carbocycles. The summed E-state index contributed by atoms with van der Waals surface area (Å²) < 4.78 is 5.87. The van der Waals surface area contributed by atoms with Gasteiger partial charge in [0.05, 0.1) is 0 Å². The smallest absolute Gasteiger partial charge is 0.119 e. The van der Waals surface area contributed by atoms with Crippen LogP contribution in [0.1, 0.15) is 25.8 Å². The lowest BCUT2D eigenvalue weighted by Crippen LogP contribution is -2.19. The summed E-state index contributed by atoms with van der Waals surface area (Å²) in [5.74, 6) is 1.71. The Morgan fingerprint density at radius 1 is 1.31 bits per heavy atom. The zero-order chi connectivity index (χ0) is 11.4. The molecule has 2 heteroatoms. The maximum absolute atomic E-state index is 5.87. The Balaban J connectivity index is 1.90. The summed E-state index contributed by atoms with van der Waals surface area (Å²) in [6, 6.07) is 8.54. The lowest BCUT2D eigenvalue weighted by molar-refractivity contribution is 0.223. The largest absolute Gasteiger partial charge is 0.489 e. The van der Waals surface area contributed by atoms with E-state index in [0.29, 0.717) is 12.0 Å². The number of hydrogen-bond acceptors (Lipinski definition) is 2. The third-order valence-corrected chi connectivity index (χ3v) is 2.89. The highest BCUT2D eigenvalue weighted by Crippen LogP contribution is 2.17. The average molecular weight is 219 g/mol. The Labute approximate surface area is 98.0 Å². The van der Waals surface area contributed by atoms with Crippen molar-refractivity contribution in [2.24, 2.45) is 5.92 Å². The summed E-state index contributed by atoms with van der Waals surface area (Å²) in [4.78, 5) is 0. The van der Waals surface area contributed by atoms with Crippen molar-refractivity contribution in [2.45, 2.75) is 32.8 Å². The maximum Gasteiger partial charge on any atom is 0.119 e. The van der Waals surface area contributed by atoms with E-state index in [2.05, 4.69) is 43.4 Å². The molecule has 1 fully saturated rings. The SMILES string of the molecule is CC(C)Cc1ccc(OC2CCNC2)cc1. The van der Waals surface area contributed by atoms with Gasteiger partial charge in [-0.25, -0.2) is 0 Å². The van der Waals surface area contributed by atoms with Gasteiger partial charge in [-0.15, -0.1) is 0 Å². The Morgan fingerprint density at radius 2 is 2.06 bits per heavy atom. The van der Waals surface area contributed by atoms with Crippen molar-refractivity contribution >= 4 is 0 Å². The summed E-state index contributed by atoms with van der Waals surface area (Å²) in [6.07, 6.45) is 2.62. The number of benzene rings is 1. The zero-order valence-corrected chi connectivity index (χ0v) is 10.2. The first-order valence-corrected chi connectivity index (χ1v) is 6.20. The van der Waals surface area contributed by atoms with Crippen molar-refractivity contribution < 1.29 is 4.74 Å². The molecule has 1 atom stereocenters. The van der Waals surface area contributed by atoms with E-state index in [1.54, 1.807) is 0 Å². The monoisotopic (exact) mass is 219 g/mol. The van der Waals surface area contributed by atoms with E-state index in [1.807, 2.05) is 0 Å². The minimum absolute atomic E-state index is 0.357. The molecule has 1 aliphatic heterocycles. The molecule has 0 bridgehead atoms. The average Bonchev–Trinajstić information content (AvgIpc) is 2.73. The molecule has 1 N–H and O–H groups in total. The van der Waals surface area contributed by atoms with E-state index in [1.165, 1.54) is 5.56 Å². The van der Waals surface area contributed by atoms with Gasteiger partial charge in [-0.05, 0) is 43.0 Å². The van der Waals surface area contributed by atoms with Crippen molar-refractivity contribution in [2.75, 3.05) is 13.1 Å². The zero-order valence-electron chi connectivity index (χ0n) is 10.2. The fourth-order valence-electron chi connectivity index (χ4n) is 2.10. The van der Waals surface area contributed by atoms with Gasteiger partial charge < -0.3 is 10.1 Å². The Bertz CT molecular complexity index is 312. The second-order valence-electron chi connectivity index (χ2n) is 4.97. The van der Waals surface area contributed by atoms with Crippen molar-refractivity contribution in [1.29, 1.82) is 0 Å². The predicted octanol–water partition coefficient (Wildman–Crippen LogP) is 2.63. The molecule has 1 unspecified atom stereocenters. The molecule has 16 heavy (non-hydrogen) atoms. The summed E-state index contributed by atoms with van der Waals surface area (Å²) >= 11 is 0. The highest BCUT2D eigenvalue weighted by atomic mass is 16.5. The van der Waals surface area contributed by atoms with Crippen molar-refractivity contribution in [3.05, 3.63) is 29.8 Å². The van der Waals surface area contributed by atoms with Crippen molar-refractivity contribution in [3.8, 4) is 5.75 Å². The van der Waals surface area contributed by atoms with E-state index in [9.17, 15) is 0 Å². The highest BCUT2D eigenvalue weighted by Gasteiger charge is 2.15. The standard InChI is InChI=1S/C14H21NO/c1-11(2)9-12-3-5-13(6-4-12)16-14-7-8-15-10-14/h3-6,11,14-15H,7-10H2,1-2H3. The third kappa shape index (κ3) is 3.24. The van der Waals surface area contributed by atoms with E-state index in [0.717, 1.165) is 31.7 Å². The van der Waals surface area contributed by atoms with E-state index < -0.39 is 0 Å². The summed E-state index contributed by atoms with van der Waals surface area (Å²) in [6.45, 7) is 6.55. The lowest BCUT2D eigenvalue weighted by Gasteiger charge is -2.13. The van der Waals surface area contributed by atoms with Crippen LogP contribution in [0.2, 0.25) is 0 Å². The first-order valence-electron chi connectivity index (χ1n) is 6.20. The molecule has 0 amide bonds. The van der Waals surface area contributed by atoms with E-state index in [-0.39, 0.29) is 0 Å². The highest BCUT2D eigenvalue weighted by molar-refractivity contribution is 5.27. The van der Waals surface area contributed by atoms with Crippen LogP contribution in [0.5, 0.6) is 5.75 Å². The predicted molar refractivity (Wildman–Crippen MR) is 66.9 cm³/mol. The van der Waals surface area contributed by atoms with Crippen LogP contribution in [0.4, 0.5) is 0 Å². The molecule has 0 spiro atoms. The Kier molecular flexibility index (Phi) is 3.83. The fourth-order valence-corrected chi connectivity index (χ4v) is 2.10. The number of nitrogens with one attached hydrogen (secondary N) is 1. The number of rotatable bonds is 4. The van der Waals surface area contributed by atoms with Gasteiger partial charge in [0.2, 0.25) is 0 Å². The van der Waals surface area contributed by atoms with Crippen LogP contribution < -0.4 is 10.1 Å². The molecule has 0 aromatic heterocycles. The Hall–Kier alpha value is -1.02. The fraction of sp³-hybridized carbons (Fsp3) is 0.571. The molecule has 2 rings (SSSR count). The van der Waals surface area contributed by atoms with Crippen LogP contribution in [0, 0.1) is 5.92 Å². The third-order valence-electron chi connectivity index (χ3n) is 2.89. The second-order valence-corrected chi connectivity index (χ2v) is 4.97. The van der Waals surface area contributed by atoms with E-state index >= 15 is 0 Å². The quantitative estimate of drug-likeness (QED) is 0.840. The molecule has 1 saturated heterocycles. The summed E-state index contributed by atoms with van der Waals surface area (Å²) in [5.41, 5.74) is 1.40. The summed E-state index contributed by atoms with van der Waals surface area (Å²) in [5, 5.41) is 3.31. The molecule has 88 valence electrons. The Morgan fingerprint density at radius 3 is 2.62 bits per heavy atom. The van der Waals surface area contributed by atoms with Crippen LogP contribution in [-0.4, -0.2) is 19.2 Å². The van der Waals surface area contributed by atoms with Gasteiger partial charge in [0, 0.05) is 6.54 Å². The van der Waals surface area contributed by atoms with Gasteiger partial charge >= 0.3 is 0 Å². The normalized spacial score (nSPS) is 20.3. The van der Waals surface area contributed by atoms with Crippen LogP contribution in [0.3, 0.4) is 0 Å². The minimum Gasteiger partial charge on any atom is -0.489 e. The molecule has 1 aromatic rings. The molecule has 1 heterocycles. The van der Waals surface area contributed by atoms with Gasteiger partial charge in [0.25, 0.3) is 0 Å². The van der Waals surface area contributed by atoms with Crippen molar-refractivity contribution in [3.63, 3.8) is 0 Å². The molecule has 0 aliphatic carbocycles. The molecule has 0 saturated carbocycles. The maximum atomic E-state index is 5.87. The lowest BCUT2D eigenvalue weighted by atomic mass is 10.0. The minimum atomic E-state index is 0.357. The summed E-state index contributed by atoms with van der Waals surface area (Å²) in [7, 11) is 0.